The summed E-state index contributed by atoms with van der Waals surface area (Å²) in [5, 5.41) is 16.0. The Bertz CT molecular complexity index is 678. The number of aliphatic hydroxyl groups is 1. The van der Waals surface area contributed by atoms with Gasteiger partial charge in [-0.25, -0.2) is 4.98 Å². The van der Waals surface area contributed by atoms with Gasteiger partial charge in [0.1, 0.15) is 6.61 Å². The molecule has 0 saturated carbocycles. The van der Waals surface area contributed by atoms with Crippen LogP contribution in [0.1, 0.15) is 27.9 Å². The first-order valence-electron chi connectivity index (χ1n) is 6.03. The number of thiazole rings is 1. The highest BCUT2D eigenvalue weighted by atomic mass is 32.1. The Morgan fingerprint density at radius 2 is 2.40 bits per heavy atom. The molecule has 0 aliphatic rings. The van der Waals surface area contributed by atoms with Crippen LogP contribution in [0.5, 0.6) is 0 Å². The molecular formula is C13H14N4O2S. The van der Waals surface area contributed by atoms with Gasteiger partial charge >= 0.3 is 0 Å². The Balaban J connectivity index is 2.13. The van der Waals surface area contributed by atoms with Crippen LogP contribution >= 0.6 is 11.3 Å². The van der Waals surface area contributed by atoms with E-state index in [9.17, 15) is 4.79 Å². The van der Waals surface area contributed by atoms with E-state index in [-0.39, 0.29) is 12.5 Å². The number of rotatable bonds is 3. The van der Waals surface area contributed by atoms with E-state index in [1.165, 1.54) is 11.3 Å². The van der Waals surface area contributed by atoms with E-state index in [2.05, 4.69) is 27.2 Å². The third kappa shape index (κ3) is 3.23. The summed E-state index contributed by atoms with van der Waals surface area (Å²) >= 11 is 1.26. The van der Waals surface area contributed by atoms with Gasteiger partial charge in [0.05, 0.1) is 22.3 Å². The van der Waals surface area contributed by atoms with Gasteiger partial charge in [-0.15, -0.1) is 0 Å². The second-order valence-corrected chi connectivity index (χ2v) is 4.99. The molecule has 0 bridgehead atoms. The minimum atomic E-state index is -0.231. The average Bonchev–Trinajstić information content (AvgIpc) is 3.02. The predicted octanol–water partition coefficient (Wildman–Crippen LogP) is 1.04. The van der Waals surface area contributed by atoms with Crippen LogP contribution in [0.4, 0.5) is 5.13 Å². The molecule has 2 aromatic heterocycles. The molecule has 0 aliphatic heterocycles. The van der Waals surface area contributed by atoms with Crippen molar-refractivity contribution in [2.75, 3.05) is 11.9 Å². The lowest BCUT2D eigenvalue weighted by Crippen LogP contribution is -2.12. The fraction of sp³-hybridized carbons (Fsp3) is 0.308. The largest absolute Gasteiger partial charge is 0.384 e. The van der Waals surface area contributed by atoms with Gasteiger partial charge in [-0.3, -0.25) is 14.8 Å². The number of carbonyl (C=O) groups excluding carboxylic acids is 1. The van der Waals surface area contributed by atoms with Crippen molar-refractivity contribution in [3.63, 3.8) is 0 Å². The lowest BCUT2D eigenvalue weighted by atomic mass is 10.2. The maximum absolute atomic E-state index is 12.2. The van der Waals surface area contributed by atoms with Gasteiger partial charge < -0.3 is 5.11 Å². The van der Waals surface area contributed by atoms with Crippen molar-refractivity contribution in [2.45, 2.75) is 13.3 Å². The van der Waals surface area contributed by atoms with Crippen LogP contribution in [0.25, 0.3) is 0 Å². The first-order chi connectivity index (χ1) is 9.63. The van der Waals surface area contributed by atoms with Crippen molar-refractivity contribution >= 4 is 22.4 Å². The zero-order valence-corrected chi connectivity index (χ0v) is 12.0. The van der Waals surface area contributed by atoms with Gasteiger partial charge in [-0.1, -0.05) is 30.1 Å². The molecule has 0 aromatic carbocycles. The highest BCUT2D eigenvalue weighted by Crippen LogP contribution is 2.18. The molecule has 0 atom stereocenters. The van der Waals surface area contributed by atoms with E-state index in [0.29, 0.717) is 22.0 Å². The number of hydrogen-bond donors (Lipinski definition) is 2. The van der Waals surface area contributed by atoms with Gasteiger partial charge in [0.15, 0.2) is 5.13 Å². The number of hydrogen-bond acceptors (Lipinski definition) is 5. The summed E-state index contributed by atoms with van der Waals surface area (Å²) in [5.74, 6) is 5.05. The smallest absolute Gasteiger partial charge is 0.260 e. The lowest BCUT2D eigenvalue weighted by Gasteiger charge is -1.99. The second kappa shape index (κ2) is 6.32. The summed E-state index contributed by atoms with van der Waals surface area (Å²) < 4.78 is 1.62. The van der Waals surface area contributed by atoms with Crippen molar-refractivity contribution in [3.8, 4) is 11.8 Å². The first kappa shape index (κ1) is 14.2. The molecule has 0 fully saturated rings. The number of aliphatic hydroxyl groups excluding tert-OH is 1. The van der Waals surface area contributed by atoms with Gasteiger partial charge in [0, 0.05) is 13.2 Å². The Labute approximate surface area is 120 Å². The van der Waals surface area contributed by atoms with Crippen LogP contribution in [0, 0.1) is 11.8 Å². The van der Waals surface area contributed by atoms with E-state index in [4.69, 9.17) is 5.11 Å². The molecule has 0 spiro atoms. The molecule has 2 heterocycles. The third-order valence-electron chi connectivity index (χ3n) is 2.50. The summed E-state index contributed by atoms with van der Waals surface area (Å²) in [6.45, 7) is 1.75. The molecular weight excluding hydrogens is 276 g/mol. The summed E-state index contributed by atoms with van der Waals surface area (Å²) in [4.78, 5) is 16.9. The third-order valence-corrected chi connectivity index (χ3v) is 3.33. The molecule has 0 aliphatic carbocycles. The highest BCUT2D eigenvalue weighted by molar-refractivity contribution is 7.16. The Morgan fingerprint density at radius 3 is 3.10 bits per heavy atom. The Morgan fingerprint density at radius 1 is 1.60 bits per heavy atom. The van der Waals surface area contributed by atoms with Gasteiger partial charge in [-0.05, 0) is 6.42 Å². The van der Waals surface area contributed by atoms with Crippen LogP contribution in [-0.2, 0) is 13.5 Å². The monoisotopic (exact) mass is 290 g/mol. The van der Waals surface area contributed by atoms with Crippen LogP contribution in [0.15, 0.2) is 12.4 Å². The van der Waals surface area contributed by atoms with E-state index in [1.54, 1.807) is 24.1 Å². The fourth-order valence-electron chi connectivity index (χ4n) is 1.67. The SMILES string of the molecule is CCc1nn(C)cc1C(=O)Nc1ncc(C#CCO)s1. The van der Waals surface area contributed by atoms with Crippen LogP contribution < -0.4 is 5.32 Å². The maximum Gasteiger partial charge on any atom is 0.260 e. The molecule has 2 rings (SSSR count). The van der Waals surface area contributed by atoms with E-state index < -0.39 is 0 Å². The van der Waals surface area contributed by atoms with Crippen LogP contribution in [-0.4, -0.2) is 32.4 Å². The molecule has 20 heavy (non-hydrogen) atoms. The Kier molecular flexibility index (Phi) is 4.50. The lowest BCUT2D eigenvalue weighted by molar-refractivity contribution is 0.102. The van der Waals surface area contributed by atoms with Gasteiger partial charge in [0.25, 0.3) is 5.91 Å². The van der Waals surface area contributed by atoms with Crippen molar-refractivity contribution in [2.24, 2.45) is 7.05 Å². The number of nitrogens with zero attached hydrogens (tertiary/aromatic N) is 3. The van der Waals surface area contributed by atoms with Crippen LogP contribution in [0.3, 0.4) is 0 Å². The minimum absolute atomic E-state index is 0.199. The molecule has 2 N–H and O–H groups in total. The molecule has 1 amide bonds. The van der Waals surface area contributed by atoms with Gasteiger partial charge in [0.2, 0.25) is 0 Å². The second-order valence-electron chi connectivity index (χ2n) is 3.96. The van der Waals surface area contributed by atoms with E-state index >= 15 is 0 Å². The molecule has 6 nitrogen and oxygen atoms in total. The quantitative estimate of drug-likeness (QED) is 0.828. The molecule has 104 valence electrons. The van der Waals surface area contributed by atoms with Crippen molar-refractivity contribution < 1.29 is 9.90 Å². The van der Waals surface area contributed by atoms with E-state index in [1.807, 2.05) is 6.92 Å². The number of aryl methyl sites for hydroxylation is 2. The van der Waals surface area contributed by atoms with E-state index in [0.717, 1.165) is 5.69 Å². The molecule has 0 radical (unpaired) electrons. The van der Waals surface area contributed by atoms with Crippen molar-refractivity contribution in [1.29, 1.82) is 0 Å². The topological polar surface area (TPSA) is 80.0 Å². The number of nitrogens with one attached hydrogen (secondary N) is 1. The Hall–Kier alpha value is -2.17. The number of amides is 1. The minimum Gasteiger partial charge on any atom is -0.384 e. The maximum atomic E-state index is 12.2. The summed E-state index contributed by atoms with van der Waals surface area (Å²) in [6.07, 6.45) is 3.94. The normalized spacial score (nSPS) is 9.95. The zero-order chi connectivity index (χ0) is 14.5. The highest BCUT2D eigenvalue weighted by Gasteiger charge is 2.15. The predicted molar refractivity (Wildman–Crippen MR) is 76.6 cm³/mol. The summed E-state index contributed by atoms with van der Waals surface area (Å²) in [5.41, 5.74) is 1.30. The molecule has 2 aromatic rings. The number of aromatic nitrogens is 3. The molecule has 0 saturated heterocycles. The van der Waals surface area contributed by atoms with Crippen molar-refractivity contribution in [3.05, 3.63) is 28.5 Å². The fourth-order valence-corrected chi connectivity index (χ4v) is 2.35. The summed E-state index contributed by atoms with van der Waals surface area (Å²) in [7, 11) is 1.78. The molecule has 0 unspecified atom stereocenters. The molecule has 7 heteroatoms. The first-order valence-corrected chi connectivity index (χ1v) is 6.85. The standard InChI is InChI=1S/C13H14N4O2S/c1-3-11-10(8-17(2)16-11)12(19)15-13-14-7-9(20-13)5-4-6-18/h7-8,18H,3,6H2,1-2H3,(H,14,15,19). The number of carbonyl (C=O) groups is 1. The summed E-state index contributed by atoms with van der Waals surface area (Å²) in [6, 6.07) is 0. The average molecular weight is 290 g/mol. The zero-order valence-electron chi connectivity index (χ0n) is 11.2. The van der Waals surface area contributed by atoms with Crippen molar-refractivity contribution in [1.82, 2.24) is 14.8 Å². The number of anilines is 1. The van der Waals surface area contributed by atoms with Gasteiger partial charge in [-0.2, -0.15) is 5.10 Å². The van der Waals surface area contributed by atoms with Crippen LogP contribution in [0.2, 0.25) is 0 Å².